The van der Waals surface area contributed by atoms with E-state index in [1.165, 1.54) is 6.42 Å². The van der Waals surface area contributed by atoms with Crippen LogP contribution in [0.25, 0.3) is 0 Å². The molecule has 13 heavy (non-hydrogen) atoms. The van der Waals surface area contributed by atoms with Gasteiger partial charge in [0.25, 0.3) is 0 Å². The molecule has 0 atom stereocenters. The van der Waals surface area contributed by atoms with Gasteiger partial charge in [0.2, 0.25) is 0 Å². The van der Waals surface area contributed by atoms with E-state index in [0.29, 0.717) is 0 Å². The van der Waals surface area contributed by atoms with Crippen molar-refractivity contribution in [3.8, 4) is 0 Å². The fraction of sp³-hybridized carbons (Fsp3) is 1.00. The minimum atomic E-state index is -1.86. The summed E-state index contributed by atoms with van der Waals surface area (Å²) in [5.74, 6) is 0. The summed E-state index contributed by atoms with van der Waals surface area (Å²) in [5, 5.41) is 0. The van der Waals surface area contributed by atoms with E-state index in [0.717, 1.165) is 25.8 Å². The Kier molecular flexibility index (Phi) is 3.94. The minimum Gasteiger partial charge on any atom is -0.329 e. The number of hydrogen-bond donors (Lipinski definition) is 0. The standard InChI is InChI=1S/C9H19O2PS/c1-4-6-9(3)7-10-12(13,5-2)11-8-9/h4-8H2,1-3H3. The minimum absolute atomic E-state index is 0.201. The fourth-order valence-corrected chi connectivity index (χ4v) is 3.29. The van der Waals surface area contributed by atoms with Gasteiger partial charge >= 0.3 is 0 Å². The van der Waals surface area contributed by atoms with E-state index in [9.17, 15) is 0 Å². The van der Waals surface area contributed by atoms with Gasteiger partial charge in [0, 0.05) is 11.6 Å². The molecule has 0 bridgehead atoms. The van der Waals surface area contributed by atoms with Gasteiger partial charge in [0.1, 0.15) is 0 Å². The molecular formula is C9H19O2PS. The van der Waals surface area contributed by atoms with Crippen molar-refractivity contribution in [2.24, 2.45) is 5.41 Å². The average molecular weight is 222 g/mol. The topological polar surface area (TPSA) is 18.5 Å². The van der Waals surface area contributed by atoms with Crippen molar-refractivity contribution in [2.45, 2.75) is 33.6 Å². The van der Waals surface area contributed by atoms with Crippen LogP contribution in [0, 0.1) is 5.41 Å². The van der Waals surface area contributed by atoms with Crippen molar-refractivity contribution in [2.75, 3.05) is 19.4 Å². The van der Waals surface area contributed by atoms with Gasteiger partial charge in [-0.25, -0.2) is 0 Å². The van der Waals surface area contributed by atoms with Gasteiger partial charge in [-0.2, -0.15) is 0 Å². The van der Waals surface area contributed by atoms with E-state index in [1.807, 2.05) is 6.92 Å². The van der Waals surface area contributed by atoms with Crippen LogP contribution in [0.3, 0.4) is 0 Å². The summed E-state index contributed by atoms with van der Waals surface area (Å²) in [7, 11) is 0. The maximum absolute atomic E-state index is 5.69. The Morgan fingerprint density at radius 2 is 1.85 bits per heavy atom. The van der Waals surface area contributed by atoms with Crippen LogP contribution in [0.2, 0.25) is 0 Å². The maximum atomic E-state index is 5.69. The van der Waals surface area contributed by atoms with Gasteiger partial charge in [0.15, 0.2) is 6.49 Å². The lowest BCUT2D eigenvalue weighted by molar-refractivity contribution is 0.0400. The van der Waals surface area contributed by atoms with Crippen molar-refractivity contribution in [1.29, 1.82) is 0 Å². The molecule has 0 aromatic carbocycles. The zero-order chi connectivity index (χ0) is 9.95. The Morgan fingerprint density at radius 3 is 2.23 bits per heavy atom. The third kappa shape index (κ3) is 3.02. The van der Waals surface area contributed by atoms with Crippen molar-refractivity contribution in [3.05, 3.63) is 0 Å². The predicted octanol–water partition coefficient (Wildman–Crippen LogP) is 3.17. The lowest BCUT2D eigenvalue weighted by atomic mass is 9.88. The summed E-state index contributed by atoms with van der Waals surface area (Å²) < 4.78 is 11.4. The Labute approximate surface area is 86.2 Å². The van der Waals surface area contributed by atoms with Crippen LogP contribution in [0.5, 0.6) is 0 Å². The molecule has 0 spiro atoms. The molecule has 0 aromatic heterocycles. The van der Waals surface area contributed by atoms with E-state index in [1.54, 1.807) is 0 Å². The Balaban J connectivity index is 2.51. The van der Waals surface area contributed by atoms with Gasteiger partial charge in [0.05, 0.1) is 13.2 Å². The Morgan fingerprint density at radius 1 is 1.31 bits per heavy atom. The van der Waals surface area contributed by atoms with Gasteiger partial charge < -0.3 is 9.05 Å². The molecule has 2 nitrogen and oxygen atoms in total. The highest BCUT2D eigenvalue weighted by Gasteiger charge is 2.34. The summed E-state index contributed by atoms with van der Waals surface area (Å²) in [6, 6.07) is 0. The summed E-state index contributed by atoms with van der Waals surface area (Å²) in [4.78, 5) is 0. The van der Waals surface area contributed by atoms with Crippen LogP contribution in [-0.2, 0) is 20.9 Å². The molecule has 0 radical (unpaired) electrons. The Hall–Kier alpha value is 0.570. The quantitative estimate of drug-likeness (QED) is 0.683. The van der Waals surface area contributed by atoms with Crippen LogP contribution in [0.1, 0.15) is 33.6 Å². The second kappa shape index (κ2) is 4.39. The third-order valence-corrected chi connectivity index (χ3v) is 5.69. The molecule has 1 heterocycles. The van der Waals surface area contributed by atoms with E-state index >= 15 is 0 Å². The highest BCUT2D eigenvalue weighted by molar-refractivity contribution is 8.09. The van der Waals surface area contributed by atoms with Gasteiger partial charge in [-0.05, 0) is 18.2 Å². The molecule has 0 amide bonds. The second-order valence-electron chi connectivity index (χ2n) is 4.03. The van der Waals surface area contributed by atoms with Crippen molar-refractivity contribution >= 4 is 18.3 Å². The van der Waals surface area contributed by atoms with E-state index in [4.69, 9.17) is 20.9 Å². The molecule has 0 unspecified atom stereocenters. The van der Waals surface area contributed by atoms with Gasteiger partial charge in [-0.1, -0.05) is 27.2 Å². The predicted molar refractivity (Wildman–Crippen MR) is 59.7 cm³/mol. The first kappa shape index (κ1) is 11.6. The van der Waals surface area contributed by atoms with E-state index in [2.05, 4.69) is 13.8 Å². The van der Waals surface area contributed by atoms with Gasteiger partial charge in [-0.15, -0.1) is 0 Å². The van der Waals surface area contributed by atoms with Crippen molar-refractivity contribution in [3.63, 3.8) is 0 Å². The molecule has 4 heteroatoms. The molecular weight excluding hydrogens is 203 g/mol. The van der Waals surface area contributed by atoms with Crippen LogP contribution >= 0.6 is 6.49 Å². The zero-order valence-corrected chi connectivity index (χ0v) is 10.4. The molecule has 1 aliphatic rings. The molecule has 1 rings (SSSR count). The molecule has 0 aliphatic carbocycles. The van der Waals surface area contributed by atoms with Crippen molar-refractivity contribution in [1.82, 2.24) is 0 Å². The number of rotatable bonds is 3. The smallest absolute Gasteiger partial charge is 0.188 e. The molecule has 78 valence electrons. The highest BCUT2D eigenvalue weighted by Crippen LogP contribution is 2.54. The fourth-order valence-electron chi connectivity index (χ4n) is 1.52. The molecule has 1 fully saturated rings. The normalized spacial score (nSPS) is 40.5. The monoisotopic (exact) mass is 222 g/mol. The number of hydrogen-bond acceptors (Lipinski definition) is 3. The average Bonchev–Trinajstić information content (AvgIpc) is 2.12. The molecule has 0 N–H and O–H groups in total. The second-order valence-corrected chi connectivity index (χ2v) is 8.07. The molecule has 0 aromatic rings. The summed E-state index contributed by atoms with van der Waals surface area (Å²) >= 11 is 5.31. The van der Waals surface area contributed by atoms with Crippen LogP contribution in [0.4, 0.5) is 0 Å². The first-order valence-corrected chi connectivity index (χ1v) is 7.74. The summed E-state index contributed by atoms with van der Waals surface area (Å²) in [5.41, 5.74) is 0.201. The van der Waals surface area contributed by atoms with E-state index in [-0.39, 0.29) is 5.41 Å². The highest BCUT2D eigenvalue weighted by atomic mass is 32.5. The van der Waals surface area contributed by atoms with E-state index < -0.39 is 6.49 Å². The lowest BCUT2D eigenvalue weighted by Crippen LogP contribution is -2.32. The zero-order valence-electron chi connectivity index (χ0n) is 8.71. The summed E-state index contributed by atoms with van der Waals surface area (Å²) in [6.07, 6.45) is 3.19. The maximum Gasteiger partial charge on any atom is 0.188 e. The van der Waals surface area contributed by atoms with Crippen LogP contribution in [0.15, 0.2) is 0 Å². The van der Waals surface area contributed by atoms with Crippen LogP contribution < -0.4 is 0 Å². The Bertz CT molecular complexity index is 206. The van der Waals surface area contributed by atoms with Crippen molar-refractivity contribution < 1.29 is 9.05 Å². The first-order valence-electron chi connectivity index (χ1n) is 4.92. The van der Waals surface area contributed by atoms with Crippen LogP contribution in [-0.4, -0.2) is 19.4 Å². The first-order chi connectivity index (χ1) is 6.04. The SMILES string of the molecule is CCCC1(C)COP(=S)(CC)OC1. The largest absolute Gasteiger partial charge is 0.329 e. The molecule has 1 aliphatic heterocycles. The lowest BCUT2D eigenvalue weighted by Gasteiger charge is -2.38. The molecule has 0 saturated carbocycles. The molecule has 1 saturated heterocycles. The van der Waals surface area contributed by atoms with Gasteiger partial charge in [-0.3, -0.25) is 0 Å². The summed E-state index contributed by atoms with van der Waals surface area (Å²) in [6.45, 7) is 6.15. The third-order valence-electron chi connectivity index (χ3n) is 2.46.